The van der Waals surface area contributed by atoms with E-state index in [1.807, 2.05) is 12.1 Å². The van der Waals surface area contributed by atoms with Crippen molar-refractivity contribution >= 4 is 45.0 Å². The summed E-state index contributed by atoms with van der Waals surface area (Å²) in [7, 11) is 0. The summed E-state index contributed by atoms with van der Waals surface area (Å²) in [5, 5.41) is 3.27. The van der Waals surface area contributed by atoms with Crippen LogP contribution in [0.15, 0.2) is 22.7 Å². The lowest BCUT2D eigenvalue weighted by molar-refractivity contribution is -0.118. The molecule has 0 spiro atoms. The fourth-order valence-corrected chi connectivity index (χ4v) is 1.61. The lowest BCUT2D eigenvalue weighted by atomic mass is 10.2. The predicted molar refractivity (Wildman–Crippen MR) is 61.7 cm³/mol. The fraction of sp³-hybridized carbons (Fsp3) is 0.222. The van der Waals surface area contributed by atoms with Crippen molar-refractivity contribution in [3.63, 3.8) is 0 Å². The molecule has 0 heterocycles. The van der Waals surface area contributed by atoms with Crippen molar-refractivity contribution in [2.24, 2.45) is 0 Å². The van der Waals surface area contributed by atoms with Crippen molar-refractivity contribution in [3.8, 4) is 0 Å². The van der Waals surface area contributed by atoms with Crippen molar-refractivity contribution in [2.75, 3.05) is 5.88 Å². The third-order valence-electron chi connectivity index (χ3n) is 1.61. The van der Waals surface area contributed by atoms with Gasteiger partial charge >= 0.3 is 0 Å². The van der Waals surface area contributed by atoms with Crippen LogP contribution in [0.3, 0.4) is 0 Å². The molecular formula is C9H8BrCl2NO. The minimum Gasteiger partial charge on any atom is -0.351 e. The van der Waals surface area contributed by atoms with Gasteiger partial charge in [-0.2, -0.15) is 0 Å². The van der Waals surface area contributed by atoms with E-state index in [1.54, 1.807) is 6.07 Å². The highest BCUT2D eigenvalue weighted by Crippen LogP contribution is 2.20. The van der Waals surface area contributed by atoms with Gasteiger partial charge in [0.1, 0.15) is 5.88 Å². The van der Waals surface area contributed by atoms with Gasteiger partial charge in [-0.15, -0.1) is 11.6 Å². The summed E-state index contributed by atoms with van der Waals surface area (Å²) in [5.41, 5.74) is 0.861. The number of nitrogens with one attached hydrogen (secondary N) is 1. The predicted octanol–water partition coefficient (Wildman–Crippen LogP) is 2.96. The molecule has 1 amide bonds. The van der Waals surface area contributed by atoms with Crippen LogP contribution >= 0.6 is 39.1 Å². The number of hydrogen-bond acceptors (Lipinski definition) is 1. The first-order valence-electron chi connectivity index (χ1n) is 3.90. The summed E-state index contributed by atoms with van der Waals surface area (Å²) >= 11 is 14.6. The van der Waals surface area contributed by atoms with Gasteiger partial charge in [0, 0.05) is 16.0 Å². The highest BCUT2D eigenvalue weighted by molar-refractivity contribution is 9.10. The van der Waals surface area contributed by atoms with Crippen LogP contribution in [0.2, 0.25) is 5.02 Å². The van der Waals surface area contributed by atoms with E-state index in [-0.39, 0.29) is 11.8 Å². The Morgan fingerprint density at radius 3 is 2.86 bits per heavy atom. The summed E-state index contributed by atoms with van der Waals surface area (Å²) < 4.78 is 0.928. The number of hydrogen-bond donors (Lipinski definition) is 1. The zero-order valence-electron chi connectivity index (χ0n) is 7.19. The van der Waals surface area contributed by atoms with Gasteiger partial charge in [0.2, 0.25) is 5.91 Å². The van der Waals surface area contributed by atoms with E-state index in [0.29, 0.717) is 11.6 Å². The Hall–Kier alpha value is -0.250. The zero-order chi connectivity index (χ0) is 10.6. The molecule has 1 rings (SSSR count). The molecule has 14 heavy (non-hydrogen) atoms. The van der Waals surface area contributed by atoms with E-state index in [0.717, 1.165) is 10.0 Å². The van der Waals surface area contributed by atoms with Crippen LogP contribution < -0.4 is 5.32 Å². The fourth-order valence-electron chi connectivity index (χ4n) is 0.920. The van der Waals surface area contributed by atoms with Gasteiger partial charge in [0.25, 0.3) is 0 Å². The van der Waals surface area contributed by atoms with E-state index in [1.165, 1.54) is 0 Å². The number of carbonyl (C=O) groups is 1. The lowest BCUT2D eigenvalue weighted by Crippen LogP contribution is -2.23. The first-order valence-corrected chi connectivity index (χ1v) is 5.60. The van der Waals surface area contributed by atoms with Crippen LogP contribution in [0.4, 0.5) is 0 Å². The number of carbonyl (C=O) groups excluding carboxylic acids is 1. The van der Waals surface area contributed by atoms with E-state index in [9.17, 15) is 4.79 Å². The first kappa shape index (κ1) is 11.8. The Balaban J connectivity index is 2.66. The van der Waals surface area contributed by atoms with Gasteiger partial charge in [0.15, 0.2) is 0 Å². The topological polar surface area (TPSA) is 29.1 Å². The molecule has 5 heteroatoms. The molecule has 0 bridgehead atoms. The number of halogens is 3. The van der Waals surface area contributed by atoms with E-state index >= 15 is 0 Å². The van der Waals surface area contributed by atoms with Crippen LogP contribution in [0, 0.1) is 0 Å². The minimum absolute atomic E-state index is 0.0361. The standard InChI is InChI=1S/C9H8BrCl2NO/c10-7-1-2-8(12)6(3-7)5-13-9(14)4-11/h1-3H,4-5H2,(H,13,14). The number of alkyl halides is 1. The van der Waals surface area contributed by atoms with Gasteiger partial charge in [-0.25, -0.2) is 0 Å². The number of benzene rings is 1. The summed E-state index contributed by atoms with van der Waals surface area (Å²) in [6.07, 6.45) is 0. The molecular weight excluding hydrogens is 289 g/mol. The third-order valence-corrected chi connectivity index (χ3v) is 2.71. The Morgan fingerprint density at radius 2 is 2.21 bits per heavy atom. The van der Waals surface area contributed by atoms with E-state index < -0.39 is 0 Å². The van der Waals surface area contributed by atoms with Crippen LogP contribution in [-0.4, -0.2) is 11.8 Å². The highest BCUT2D eigenvalue weighted by atomic mass is 79.9. The summed E-state index contributed by atoms with van der Waals surface area (Å²) in [5.74, 6) is -0.242. The van der Waals surface area contributed by atoms with Crippen molar-refractivity contribution in [3.05, 3.63) is 33.3 Å². The van der Waals surface area contributed by atoms with E-state index in [4.69, 9.17) is 23.2 Å². The van der Waals surface area contributed by atoms with Crippen molar-refractivity contribution in [2.45, 2.75) is 6.54 Å². The molecule has 2 nitrogen and oxygen atoms in total. The minimum atomic E-state index is -0.206. The van der Waals surface area contributed by atoms with Gasteiger partial charge in [-0.1, -0.05) is 27.5 Å². The number of amides is 1. The molecule has 0 saturated heterocycles. The Labute approximate surface area is 101 Å². The molecule has 0 fully saturated rings. The molecule has 0 atom stereocenters. The second-order valence-corrected chi connectivity index (χ2v) is 4.24. The second-order valence-electron chi connectivity index (χ2n) is 2.65. The summed E-state index contributed by atoms with van der Waals surface area (Å²) in [6.45, 7) is 0.393. The molecule has 0 saturated carbocycles. The number of rotatable bonds is 3. The second kappa shape index (κ2) is 5.59. The van der Waals surface area contributed by atoms with Gasteiger partial charge < -0.3 is 5.32 Å². The maximum Gasteiger partial charge on any atom is 0.235 e. The molecule has 0 aliphatic carbocycles. The van der Waals surface area contributed by atoms with Crippen molar-refractivity contribution in [1.82, 2.24) is 5.32 Å². The quantitative estimate of drug-likeness (QED) is 0.854. The molecule has 1 aromatic carbocycles. The van der Waals surface area contributed by atoms with Gasteiger partial charge in [-0.3, -0.25) is 4.79 Å². The smallest absolute Gasteiger partial charge is 0.235 e. The maximum atomic E-state index is 10.9. The van der Waals surface area contributed by atoms with Crippen LogP contribution in [0.1, 0.15) is 5.56 Å². The third kappa shape index (κ3) is 3.48. The first-order chi connectivity index (χ1) is 6.63. The molecule has 0 unspecified atom stereocenters. The monoisotopic (exact) mass is 295 g/mol. The molecule has 1 N–H and O–H groups in total. The molecule has 0 aliphatic heterocycles. The summed E-state index contributed by atoms with van der Waals surface area (Å²) in [4.78, 5) is 10.9. The van der Waals surface area contributed by atoms with Crippen LogP contribution in [-0.2, 0) is 11.3 Å². The van der Waals surface area contributed by atoms with Gasteiger partial charge in [0.05, 0.1) is 0 Å². The zero-order valence-corrected chi connectivity index (χ0v) is 10.3. The van der Waals surface area contributed by atoms with Gasteiger partial charge in [-0.05, 0) is 23.8 Å². The van der Waals surface area contributed by atoms with Crippen molar-refractivity contribution in [1.29, 1.82) is 0 Å². The average molecular weight is 297 g/mol. The van der Waals surface area contributed by atoms with Crippen molar-refractivity contribution < 1.29 is 4.79 Å². The van der Waals surface area contributed by atoms with Crippen LogP contribution in [0.25, 0.3) is 0 Å². The molecule has 1 aromatic rings. The van der Waals surface area contributed by atoms with Crippen LogP contribution in [0.5, 0.6) is 0 Å². The molecule has 0 radical (unpaired) electrons. The lowest BCUT2D eigenvalue weighted by Gasteiger charge is -2.05. The SMILES string of the molecule is O=C(CCl)NCc1cc(Br)ccc1Cl. The normalized spacial score (nSPS) is 9.93. The largest absolute Gasteiger partial charge is 0.351 e. The average Bonchev–Trinajstić information content (AvgIpc) is 2.19. The Morgan fingerprint density at radius 1 is 1.50 bits per heavy atom. The molecule has 76 valence electrons. The van der Waals surface area contributed by atoms with E-state index in [2.05, 4.69) is 21.2 Å². The Bertz CT molecular complexity index is 344. The summed E-state index contributed by atoms with van der Waals surface area (Å²) in [6, 6.07) is 5.47. The Kier molecular flexibility index (Phi) is 4.72. The molecule has 0 aliphatic rings. The highest BCUT2D eigenvalue weighted by Gasteiger charge is 2.03. The molecule has 0 aromatic heterocycles. The maximum absolute atomic E-state index is 10.9.